The number of rotatable bonds is 5. The molecule has 4 heterocycles. The van der Waals surface area contributed by atoms with Crippen molar-refractivity contribution < 1.29 is 4.79 Å². The van der Waals surface area contributed by atoms with Gasteiger partial charge in [0.2, 0.25) is 5.95 Å². The Labute approximate surface area is 205 Å². The molecule has 3 aromatic rings. The summed E-state index contributed by atoms with van der Waals surface area (Å²) in [5, 5.41) is 6.84. The number of fused-ring (bicyclic) bond motifs is 1. The summed E-state index contributed by atoms with van der Waals surface area (Å²) in [6.45, 7) is 8.92. The number of amides is 2. The van der Waals surface area contributed by atoms with Crippen molar-refractivity contribution in [2.45, 2.75) is 19.9 Å². The molecule has 0 radical (unpaired) electrons. The molecule has 9 nitrogen and oxygen atoms in total. The van der Waals surface area contributed by atoms with Crippen LogP contribution in [0.3, 0.4) is 0 Å². The first-order valence-electron chi connectivity index (χ1n) is 11.9. The van der Waals surface area contributed by atoms with Crippen molar-refractivity contribution in [3.05, 3.63) is 42.1 Å². The Morgan fingerprint density at radius 3 is 2.57 bits per heavy atom. The molecule has 2 aliphatic heterocycles. The summed E-state index contributed by atoms with van der Waals surface area (Å²) in [7, 11) is 2.15. The number of pyridine rings is 1. The van der Waals surface area contributed by atoms with Crippen LogP contribution in [0, 0.1) is 18.3 Å². The second-order valence-electron chi connectivity index (χ2n) is 9.43. The lowest BCUT2D eigenvalue weighted by Gasteiger charge is -2.34. The third-order valence-corrected chi connectivity index (χ3v) is 6.73. The van der Waals surface area contributed by atoms with E-state index in [2.05, 4.69) is 69.3 Å². The fourth-order valence-electron chi connectivity index (χ4n) is 4.57. The second-order valence-corrected chi connectivity index (χ2v) is 9.43. The normalized spacial score (nSPS) is 18.7. The van der Waals surface area contributed by atoms with Gasteiger partial charge in [0.25, 0.3) is 0 Å². The smallest absolute Gasteiger partial charge is 0.323 e. The Bertz CT molecular complexity index is 1270. The van der Waals surface area contributed by atoms with Crippen molar-refractivity contribution in [1.29, 1.82) is 0 Å². The Balaban J connectivity index is 1.41. The molecule has 0 bridgehead atoms. The van der Waals surface area contributed by atoms with Crippen LogP contribution in [0.25, 0.3) is 11.0 Å². The highest BCUT2D eigenvalue weighted by atomic mass is 16.2. The molecule has 9 heteroatoms. The average Bonchev–Trinajstić information content (AvgIpc) is 3.26. The summed E-state index contributed by atoms with van der Waals surface area (Å²) in [5.74, 6) is 3.88. The van der Waals surface area contributed by atoms with Crippen molar-refractivity contribution in [3.63, 3.8) is 0 Å². The molecule has 2 saturated heterocycles. The van der Waals surface area contributed by atoms with Crippen LogP contribution >= 0.6 is 0 Å². The number of likely N-dealkylation sites (N-methyl/N-ethyl adjacent to an activating group) is 1. The van der Waals surface area contributed by atoms with Crippen molar-refractivity contribution in [2.24, 2.45) is 5.92 Å². The van der Waals surface area contributed by atoms with Gasteiger partial charge in [-0.15, -0.1) is 6.42 Å². The minimum Gasteiger partial charge on any atom is -0.369 e. The molecule has 180 valence electrons. The van der Waals surface area contributed by atoms with Gasteiger partial charge in [-0.05, 0) is 43.3 Å². The molecule has 2 amide bonds. The molecule has 0 saturated carbocycles. The van der Waals surface area contributed by atoms with Gasteiger partial charge in [0.1, 0.15) is 5.82 Å². The molecule has 0 unspecified atom stereocenters. The second kappa shape index (κ2) is 9.39. The molecular formula is C26H30N8O. The van der Waals surface area contributed by atoms with Gasteiger partial charge >= 0.3 is 6.03 Å². The number of benzene rings is 1. The molecule has 2 aliphatic rings. The molecule has 35 heavy (non-hydrogen) atoms. The predicted molar refractivity (Wildman–Crippen MR) is 139 cm³/mol. The monoisotopic (exact) mass is 470 g/mol. The molecular weight excluding hydrogens is 440 g/mol. The molecule has 0 aliphatic carbocycles. The van der Waals surface area contributed by atoms with Crippen LogP contribution in [0.2, 0.25) is 0 Å². The van der Waals surface area contributed by atoms with Crippen LogP contribution < -0.4 is 20.4 Å². The number of nitrogens with one attached hydrogen (secondary N) is 2. The van der Waals surface area contributed by atoms with Gasteiger partial charge in [-0.1, -0.05) is 19.8 Å². The number of urea groups is 1. The Hall–Kier alpha value is -3.90. The van der Waals surface area contributed by atoms with Gasteiger partial charge in [-0.25, -0.2) is 14.8 Å². The summed E-state index contributed by atoms with van der Waals surface area (Å²) in [6.07, 6.45) is 7.46. The lowest BCUT2D eigenvalue weighted by molar-refractivity contribution is 0.251. The first kappa shape index (κ1) is 22.9. The van der Waals surface area contributed by atoms with Gasteiger partial charge in [0.05, 0.1) is 11.4 Å². The van der Waals surface area contributed by atoms with Crippen LogP contribution in [0.1, 0.15) is 19.4 Å². The van der Waals surface area contributed by atoms with Gasteiger partial charge < -0.3 is 20.4 Å². The van der Waals surface area contributed by atoms with E-state index in [0.717, 1.165) is 31.9 Å². The molecule has 2 aromatic heterocycles. The standard InChI is InChI=1S/C26H30N8O/c1-5-18-14-23(34-22(17(2)3)16-28-26(34)35)30-24-21(18)15-27-25(31-24)29-19-6-8-20(9-7-19)33-12-10-32(4)11-13-33/h1,6-9,14-15,17,22H,10-13,16H2,2-4H3,(H,28,35)(H,27,29,30,31)/t22-/m1/s1. The Morgan fingerprint density at radius 1 is 1.14 bits per heavy atom. The van der Waals surface area contributed by atoms with Gasteiger partial charge in [-0.2, -0.15) is 4.98 Å². The lowest BCUT2D eigenvalue weighted by Crippen LogP contribution is -2.44. The number of terminal acetylenes is 1. The molecule has 1 aromatic carbocycles. The molecule has 0 spiro atoms. The highest BCUT2D eigenvalue weighted by Gasteiger charge is 2.35. The van der Waals surface area contributed by atoms with Gasteiger partial charge in [0.15, 0.2) is 5.65 Å². The van der Waals surface area contributed by atoms with E-state index in [9.17, 15) is 4.79 Å². The zero-order chi connectivity index (χ0) is 24.5. The zero-order valence-electron chi connectivity index (χ0n) is 20.3. The van der Waals surface area contributed by atoms with Crippen molar-refractivity contribution in [1.82, 2.24) is 25.2 Å². The van der Waals surface area contributed by atoms with E-state index < -0.39 is 0 Å². The Kier molecular flexibility index (Phi) is 6.14. The molecule has 1 atom stereocenters. The number of hydrogen-bond donors (Lipinski definition) is 2. The third-order valence-electron chi connectivity index (χ3n) is 6.73. The maximum absolute atomic E-state index is 12.6. The largest absolute Gasteiger partial charge is 0.369 e. The van der Waals surface area contributed by atoms with E-state index in [1.807, 2.05) is 12.1 Å². The fourth-order valence-corrected chi connectivity index (χ4v) is 4.57. The quantitative estimate of drug-likeness (QED) is 0.554. The Morgan fingerprint density at radius 2 is 1.89 bits per heavy atom. The van der Waals surface area contributed by atoms with E-state index in [0.29, 0.717) is 34.9 Å². The van der Waals surface area contributed by atoms with Gasteiger partial charge in [0, 0.05) is 55.9 Å². The maximum Gasteiger partial charge on any atom is 0.323 e. The summed E-state index contributed by atoms with van der Waals surface area (Å²) in [4.78, 5) is 32.7. The molecule has 5 rings (SSSR count). The van der Waals surface area contributed by atoms with E-state index >= 15 is 0 Å². The number of aromatic nitrogens is 3. The number of carbonyl (C=O) groups excluding carboxylic acids is 1. The summed E-state index contributed by atoms with van der Waals surface area (Å²) in [5.41, 5.74) is 3.14. The number of anilines is 4. The highest BCUT2D eigenvalue weighted by molar-refractivity contribution is 5.96. The summed E-state index contributed by atoms with van der Waals surface area (Å²) >= 11 is 0. The highest BCUT2D eigenvalue weighted by Crippen LogP contribution is 2.28. The fraction of sp³-hybridized carbons (Fsp3) is 0.385. The number of nitrogens with zero attached hydrogens (tertiary/aromatic N) is 6. The van der Waals surface area contributed by atoms with Crippen LogP contribution in [0.5, 0.6) is 0 Å². The van der Waals surface area contributed by atoms with Gasteiger partial charge in [-0.3, -0.25) is 4.90 Å². The first-order chi connectivity index (χ1) is 16.9. The lowest BCUT2D eigenvalue weighted by atomic mass is 10.0. The summed E-state index contributed by atoms with van der Waals surface area (Å²) < 4.78 is 0. The topological polar surface area (TPSA) is 89.5 Å². The van der Waals surface area contributed by atoms with Crippen molar-refractivity contribution in [2.75, 3.05) is 54.9 Å². The number of hydrogen-bond acceptors (Lipinski definition) is 7. The zero-order valence-corrected chi connectivity index (χ0v) is 20.3. The minimum atomic E-state index is -0.175. The average molecular weight is 471 g/mol. The van der Waals surface area contributed by atoms with Crippen LogP contribution in [-0.4, -0.2) is 71.7 Å². The van der Waals surface area contributed by atoms with Crippen LogP contribution in [0.15, 0.2) is 36.5 Å². The van der Waals surface area contributed by atoms with E-state index in [-0.39, 0.29) is 18.0 Å². The van der Waals surface area contributed by atoms with Crippen LogP contribution in [0.4, 0.5) is 27.9 Å². The minimum absolute atomic E-state index is 0.00340. The SMILES string of the molecule is C#Cc1cc(N2C(=O)NC[C@@H]2C(C)C)nc2nc(Nc3ccc(N4CCN(C)CC4)cc3)ncc12. The molecule has 2 N–H and O–H groups in total. The number of piperazine rings is 1. The van der Waals surface area contributed by atoms with Crippen LogP contribution in [-0.2, 0) is 0 Å². The predicted octanol–water partition coefficient (Wildman–Crippen LogP) is 3.06. The molecule has 2 fully saturated rings. The van der Waals surface area contributed by atoms with Crippen molar-refractivity contribution in [3.8, 4) is 12.3 Å². The van der Waals surface area contributed by atoms with E-state index in [4.69, 9.17) is 11.4 Å². The summed E-state index contributed by atoms with van der Waals surface area (Å²) in [6, 6.07) is 9.86. The third kappa shape index (κ3) is 4.57. The first-order valence-corrected chi connectivity index (χ1v) is 11.9. The van der Waals surface area contributed by atoms with E-state index in [1.165, 1.54) is 5.69 Å². The van der Waals surface area contributed by atoms with E-state index in [1.54, 1.807) is 17.2 Å². The maximum atomic E-state index is 12.6. The number of carbonyl (C=O) groups is 1. The van der Waals surface area contributed by atoms with Crippen molar-refractivity contribution >= 4 is 40.2 Å².